The number of aryl methyl sites for hydroxylation is 2. The average Bonchev–Trinajstić information content (AvgIpc) is 3.58. The summed E-state index contributed by atoms with van der Waals surface area (Å²) in [5.74, 6) is 2.47. The highest BCUT2D eigenvalue weighted by atomic mass is 32.1. The van der Waals surface area contributed by atoms with Crippen LogP contribution < -0.4 is 4.57 Å². The molecule has 0 unspecified atom stereocenters. The lowest BCUT2D eigenvalue weighted by atomic mass is 9.87. The third kappa shape index (κ3) is 4.47. The van der Waals surface area contributed by atoms with Gasteiger partial charge in [0.15, 0.2) is 11.0 Å². The predicted octanol–water partition coefficient (Wildman–Crippen LogP) is 12.5. The van der Waals surface area contributed by atoms with Crippen LogP contribution in [0.3, 0.4) is 0 Å². The number of aromatic nitrogens is 2. The van der Waals surface area contributed by atoms with Gasteiger partial charge in [-0.25, -0.2) is 4.57 Å². The van der Waals surface area contributed by atoms with Gasteiger partial charge in [-0.3, -0.25) is 0 Å². The Morgan fingerprint density at radius 3 is 2.02 bits per heavy atom. The molecule has 0 aliphatic rings. The summed E-state index contributed by atoms with van der Waals surface area (Å²) in [6.07, 6.45) is 0. The molecule has 6 aromatic carbocycles. The molecule has 8 aromatic rings. The lowest BCUT2D eigenvalue weighted by molar-refractivity contribution is -0.633. The van der Waals surface area contributed by atoms with E-state index in [2.05, 4.69) is 162 Å². The van der Waals surface area contributed by atoms with Gasteiger partial charge in [0.05, 0.1) is 17.3 Å². The number of hydrogen-bond acceptors (Lipinski definition) is 1. The molecule has 47 heavy (non-hydrogen) atoms. The fourth-order valence-corrected chi connectivity index (χ4v) is 9.10. The minimum Gasteiger partial charge on any atom is -0.225 e. The number of rotatable bonds is 5. The van der Waals surface area contributed by atoms with Gasteiger partial charge in [-0.1, -0.05) is 120 Å². The van der Waals surface area contributed by atoms with Crippen molar-refractivity contribution in [2.75, 3.05) is 0 Å². The summed E-state index contributed by atoms with van der Waals surface area (Å²) in [7, 11) is 2.26. The van der Waals surface area contributed by atoms with E-state index >= 15 is 0 Å². The van der Waals surface area contributed by atoms with Crippen LogP contribution in [0.1, 0.15) is 81.5 Å². The first-order chi connectivity index (χ1) is 22.7. The van der Waals surface area contributed by atoms with Gasteiger partial charge in [0.2, 0.25) is 0 Å². The minimum atomic E-state index is 0.376. The zero-order valence-corrected chi connectivity index (χ0v) is 29.6. The van der Waals surface area contributed by atoms with Crippen molar-refractivity contribution >= 4 is 64.1 Å². The molecule has 0 radical (unpaired) electrons. The van der Waals surface area contributed by atoms with Crippen LogP contribution in [0.25, 0.3) is 69.8 Å². The van der Waals surface area contributed by atoms with E-state index in [0.717, 1.165) is 0 Å². The summed E-state index contributed by atoms with van der Waals surface area (Å²) in [6.45, 7) is 16.3. The third-order valence-electron chi connectivity index (χ3n) is 10.3. The Hall–Kier alpha value is -4.47. The molecule has 0 spiro atoms. The lowest BCUT2D eigenvalue weighted by Crippen LogP contribution is -2.30. The molecule has 234 valence electrons. The largest absolute Gasteiger partial charge is 0.296 e. The Bertz CT molecular complexity index is 2490. The van der Waals surface area contributed by atoms with Crippen LogP contribution in [0.2, 0.25) is 0 Å². The molecule has 0 aliphatic heterocycles. The van der Waals surface area contributed by atoms with Crippen LogP contribution in [0.15, 0.2) is 97.1 Å². The molecule has 0 atom stereocenters. The van der Waals surface area contributed by atoms with E-state index in [0.29, 0.717) is 17.8 Å². The summed E-state index contributed by atoms with van der Waals surface area (Å²) in [6, 6.07) is 36.7. The molecule has 0 saturated heterocycles. The van der Waals surface area contributed by atoms with Gasteiger partial charge in [-0.2, -0.15) is 4.57 Å². The molecule has 0 aliphatic carbocycles. The number of fused-ring (bicyclic) bond motifs is 8. The summed E-state index contributed by atoms with van der Waals surface area (Å²) in [4.78, 5) is 0. The molecule has 2 heterocycles. The molecule has 0 amide bonds. The molecular formula is C44H43N2S+. The molecule has 0 fully saturated rings. The third-order valence-corrected chi connectivity index (χ3v) is 11.5. The first-order valence-corrected chi connectivity index (χ1v) is 17.9. The fraction of sp³-hybridized carbons (Fsp3) is 0.250. The Morgan fingerprint density at radius 2 is 1.30 bits per heavy atom. The predicted molar refractivity (Wildman–Crippen MR) is 205 cm³/mol. The fourth-order valence-electron chi connectivity index (χ4n) is 7.80. The summed E-state index contributed by atoms with van der Waals surface area (Å²) >= 11 is 1.94. The van der Waals surface area contributed by atoms with Gasteiger partial charge in [-0.15, -0.1) is 11.3 Å². The van der Waals surface area contributed by atoms with Crippen LogP contribution in [0.5, 0.6) is 0 Å². The van der Waals surface area contributed by atoms with E-state index < -0.39 is 0 Å². The summed E-state index contributed by atoms with van der Waals surface area (Å²) in [5, 5.41) is 7.99. The van der Waals surface area contributed by atoms with Gasteiger partial charge in [-0.05, 0) is 75.5 Å². The molecule has 0 N–H and O–H groups in total. The van der Waals surface area contributed by atoms with Crippen LogP contribution in [-0.2, 0) is 7.05 Å². The van der Waals surface area contributed by atoms with E-state index in [1.165, 1.54) is 92.1 Å². The zero-order chi connectivity index (χ0) is 32.7. The topological polar surface area (TPSA) is 8.81 Å². The van der Waals surface area contributed by atoms with E-state index in [1.807, 2.05) is 11.3 Å². The molecule has 2 aromatic heterocycles. The van der Waals surface area contributed by atoms with Crippen LogP contribution in [0, 0.1) is 6.92 Å². The Kier molecular flexibility index (Phi) is 7.04. The Balaban J connectivity index is 1.56. The van der Waals surface area contributed by atoms with E-state index in [4.69, 9.17) is 0 Å². The van der Waals surface area contributed by atoms with Crippen molar-refractivity contribution in [3.63, 3.8) is 0 Å². The molecule has 3 heteroatoms. The monoisotopic (exact) mass is 631 g/mol. The molecule has 8 rings (SSSR count). The zero-order valence-electron chi connectivity index (χ0n) is 28.8. The SMILES string of the molecule is Cc1ccc2c(sc3ccc4ccc5ccccc5c4c32)c1-c1n(-c2c(C(C)C)cc(C(C)C)cc2C(C)C)c2ccccc2[n+]1C. The smallest absolute Gasteiger partial charge is 0.225 e. The Morgan fingerprint density at radius 1 is 0.638 bits per heavy atom. The molecular weight excluding hydrogens is 589 g/mol. The van der Waals surface area contributed by atoms with Crippen LogP contribution >= 0.6 is 11.3 Å². The highest BCUT2D eigenvalue weighted by Gasteiger charge is 2.33. The van der Waals surface area contributed by atoms with Crippen molar-refractivity contribution in [3.05, 3.63) is 119 Å². The van der Waals surface area contributed by atoms with Gasteiger partial charge in [0, 0.05) is 26.6 Å². The molecule has 0 bridgehead atoms. The maximum atomic E-state index is 2.61. The van der Waals surface area contributed by atoms with E-state index in [1.54, 1.807) is 0 Å². The highest BCUT2D eigenvalue weighted by Crippen LogP contribution is 2.47. The van der Waals surface area contributed by atoms with Gasteiger partial charge >= 0.3 is 0 Å². The number of hydrogen-bond donors (Lipinski definition) is 0. The first-order valence-electron chi connectivity index (χ1n) is 17.1. The lowest BCUT2D eigenvalue weighted by Gasteiger charge is -2.22. The van der Waals surface area contributed by atoms with Crippen LogP contribution in [0.4, 0.5) is 0 Å². The standard InChI is InChI=1S/C44H43N2S/c1-25(2)31-23-34(26(3)4)42(35(24-31)27(5)6)46-37-16-12-11-15-36(37)45(8)44(46)39-28(7)17-21-33-41-38(47-43(33)39)22-20-30-19-18-29-13-9-10-14-32(29)40(30)41/h9-27H,1-8H3/q+1. The average molecular weight is 632 g/mol. The van der Waals surface area contributed by atoms with Gasteiger partial charge in [0.1, 0.15) is 5.69 Å². The van der Waals surface area contributed by atoms with Crippen molar-refractivity contribution < 1.29 is 4.57 Å². The maximum absolute atomic E-state index is 2.61. The van der Waals surface area contributed by atoms with Crippen molar-refractivity contribution in [2.45, 2.75) is 66.2 Å². The summed E-state index contributed by atoms with van der Waals surface area (Å²) < 4.78 is 7.76. The highest BCUT2D eigenvalue weighted by molar-refractivity contribution is 7.26. The van der Waals surface area contributed by atoms with Crippen molar-refractivity contribution in [1.82, 2.24) is 4.57 Å². The number of nitrogens with zero attached hydrogens (tertiary/aromatic N) is 2. The number of para-hydroxylation sites is 2. The second-order valence-electron chi connectivity index (χ2n) is 14.3. The Labute approximate surface area is 281 Å². The van der Waals surface area contributed by atoms with Crippen LogP contribution in [-0.4, -0.2) is 4.57 Å². The van der Waals surface area contributed by atoms with Crippen molar-refractivity contribution in [3.8, 4) is 17.1 Å². The summed E-state index contributed by atoms with van der Waals surface area (Å²) in [5.41, 5.74) is 10.7. The minimum absolute atomic E-state index is 0.376. The van der Waals surface area contributed by atoms with Crippen molar-refractivity contribution in [2.24, 2.45) is 7.05 Å². The number of imidazole rings is 1. The van der Waals surface area contributed by atoms with Gasteiger partial charge in [0.25, 0.3) is 5.82 Å². The maximum Gasteiger partial charge on any atom is 0.296 e. The second kappa shape index (κ2) is 11.1. The molecule has 0 saturated carbocycles. The number of thiophene rings is 1. The van der Waals surface area contributed by atoms with Gasteiger partial charge < -0.3 is 0 Å². The van der Waals surface area contributed by atoms with E-state index in [-0.39, 0.29) is 0 Å². The first kappa shape index (κ1) is 29.9. The van der Waals surface area contributed by atoms with Crippen molar-refractivity contribution in [1.29, 1.82) is 0 Å². The normalized spacial score (nSPS) is 12.4. The second-order valence-corrected chi connectivity index (χ2v) is 15.3. The molecule has 2 nitrogen and oxygen atoms in total. The van der Waals surface area contributed by atoms with E-state index in [9.17, 15) is 0 Å². The quantitative estimate of drug-likeness (QED) is 0.132. The number of benzene rings is 6.